The van der Waals surface area contributed by atoms with Gasteiger partial charge in [0, 0.05) is 20.7 Å². The minimum Gasteiger partial charge on any atom is -0.361 e. The van der Waals surface area contributed by atoms with Crippen LogP contribution in [0.5, 0.6) is 0 Å². The van der Waals surface area contributed by atoms with Gasteiger partial charge in [-0.3, -0.25) is 13.9 Å². The summed E-state index contributed by atoms with van der Waals surface area (Å²) in [6, 6.07) is 0. The second-order valence-electron chi connectivity index (χ2n) is 3.71. The van der Waals surface area contributed by atoms with Gasteiger partial charge < -0.3 is 9.30 Å². The smallest absolute Gasteiger partial charge is 0.332 e. The van der Waals surface area contributed by atoms with Gasteiger partial charge >= 0.3 is 5.69 Å². The van der Waals surface area contributed by atoms with Crippen LogP contribution < -0.4 is 11.2 Å². The third-order valence-electron chi connectivity index (χ3n) is 2.65. The van der Waals surface area contributed by atoms with Crippen LogP contribution in [-0.2, 0) is 25.6 Å². The van der Waals surface area contributed by atoms with Crippen molar-refractivity contribution in [2.75, 3.05) is 6.61 Å². The van der Waals surface area contributed by atoms with Gasteiger partial charge in [0.2, 0.25) is 0 Å². The molecule has 0 spiro atoms. The minimum absolute atomic E-state index is 0.250. The first-order valence-corrected chi connectivity index (χ1v) is 5.26. The van der Waals surface area contributed by atoms with Crippen LogP contribution >= 0.6 is 0 Å². The number of ether oxygens (including phenoxy) is 1. The Labute approximate surface area is 96.9 Å². The summed E-state index contributed by atoms with van der Waals surface area (Å²) in [6.45, 7) is 2.67. The van der Waals surface area contributed by atoms with Crippen molar-refractivity contribution in [2.45, 2.75) is 13.7 Å². The molecule has 0 radical (unpaired) electrons. The molecule has 0 aromatic carbocycles. The maximum absolute atomic E-state index is 12.0. The zero-order valence-corrected chi connectivity index (χ0v) is 10.0. The maximum atomic E-state index is 12.0. The van der Waals surface area contributed by atoms with Crippen LogP contribution in [0.4, 0.5) is 0 Å². The summed E-state index contributed by atoms with van der Waals surface area (Å²) in [7, 11) is 3.03. The van der Waals surface area contributed by atoms with Gasteiger partial charge in [-0.05, 0) is 6.92 Å². The van der Waals surface area contributed by atoms with E-state index in [9.17, 15) is 9.59 Å². The van der Waals surface area contributed by atoms with Gasteiger partial charge in [0.05, 0.1) is 6.33 Å². The number of hydrogen-bond donors (Lipinski definition) is 0. The van der Waals surface area contributed by atoms with E-state index in [0.717, 1.165) is 4.57 Å². The molecule has 0 N–H and O–H groups in total. The van der Waals surface area contributed by atoms with Crippen molar-refractivity contribution in [3.63, 3.8) is 0 Å². The number of imidazole rings is 1. The average molecular weight is 238 g/mol. The summed E-state index contributed by atoms with van der Waals surface area (Å²) < 4.78 is 9.24. The topological polar surface area (TPSA) is 71.1 Å². The molecule has 17 heavy (non-hydrogen) atoms. The molecule has 0 amide bonds. The second-order valence-corrected chi connectivity index (χ2v) is 3.71. The molecule has 0 fully saturated rings. The zero-order chi connectivity index (χ0) is 12.6. The molecule has 2 heterocycles. The van der Waals surface area contributed by atoms with Crippen molar-refractivity contribution < 1.29 is 4.74 Å². The molecule has 7 heteroatoms. The molecule has 0 unspecified atom stereocenters. The predicted octanol–water partition coefficient (Wildman–Crippen LogP) is -0.572. The molecule has 0 saturated carbocycles. The second kappa shape index (κ2) is 4.17. The van der Waals surface area contributed by atoms with E-state index in [0.29, 0.717) is 17.8 Å². The van der Waals surface area contributed by atoms with E-state index < -0.39 is 0 Å². The highest BCUT2D eigenvalue weighted by atomic mass is 16.5. The third-order valence-corrected chi connectivity index (χ3v) is 2.65. The standard InChI is InChI=1S/C10H14N4O3/c1-4-17-6-14-5-11-8-7(14)9(15)13(3)10(16)12(8)2/h5H,4,6H2,1-3H3. The molecule has 0 aliphatic rings. The summed E-state index contributed by atoms with van der Waals surface area (Å²) in [6.07, 6.45) is 1.50. The number of rotatable bonds is 3. The van der Waals surface area contributed by atoms with Crippen molar-refractivity contribution in [1.82, 2.24) is 18.7 Å². The molecule has 0 bridgehead atoms. The molecule has 92 valence electrons. The number of aryl methyl sites for hydroxylation is 1. The minimum atomic E-state index is -0.385. The Morgan fingerprint density at radius 2 is 2.00 bits per heavy atom. The highest BCUT2D eigenvalue weighted by Gasteiger charge is 2.13. The van der Waals surface area contributed by atoms with E-state index in [4.69, 9.17) is 4.74 Å². The van der Waals surface area contributed by atoms with Crippen LogP contribution in [-0.4, -0.2) is 25.3 Å². The van der Waals surface area contributed by atoms with Crippen molar-refractivity contribution in [3.8, 4) is 0 Å². The Morgan fingerprint density at radius 3 is 2.65 bits per heavy atom. The third kappa shape index (κ3) is 1.68. The van der Waals surface area contributed by atoms with E-state index in [-0.39, 0.29) is 18.0 Å². The largest absolute Gasteiger partial charge is 0.361 e. The Balaban J connectivity index is 2.77. The molecule has 7 nitrogen and oxygen atoms in total. The Bertz CT molecular complexity index is 664. The van der Waals surface area contributed by atoms with Crippen molar-refractivity contribution in [3.05, 3.63) is 27.2 Å². The number of hydrogen-bond acceptors (Lipinski definition) is 4. The summed E-state index contributed by atoms with van der Waals surface area (Å²) in [4.78, 5) is 27.7. The van der Waals surface area contributed by atoms with Gasteiger partial charge in [-0.15, -0.1) is 0 Å². The summed E-state index contributed by atoms with van der Waals surface area (Å²) in [5.41, 5.74) is 0.00492. The summed E-state index contributed by atoms with van der Waals surface area (Å²) in [5.74, 6) is 0. The fourth-order valence-electron chi connectivity index (χ4n) is 1.68. The highest BCUT2D eigenvalue weighted by Crippen LogP contribution is 2.05. The average Bonchev–Trinajstić information content (AvgIpc) is 2.75. The number of fused-ring (bicyclic) bond motifs is 1. The first-order valence-electron chi connectivity index (χ1n) is 5.26. The van der Waals surface area contributed by atoms with Gasteiger partial charge in [-0.25, -0.2) is 9.78 Å². The van der Waals surface area contributed by atoms with E-state index in [1.54, 1.807) is 11.6 Å². The molecule has 2 aromatic heterocycles. The Morgan fingerprint density at radius 1 is 1.29 bits per heavy atom. The molecule has 0 aliphatic heterocycles. The van der Waals surface area contributed by atoms with E-state index >= 15 is 0 Å². The van der Waals surface area contributed by atoms with Crippen molar-refractivity contribution in [1.29, 1.82) is 0 Å². The van der Waals surface area contributed by atoms with E-state index in [1.165, 1.54) is 17.9 Å². The zero-order valence-electron chi connectivity index (χ0n) is 10.0. The Kier molecular flexibility index (Phi) is 2.84. The van der Waals surface area contributed by atoms with Crippen LogP contribution in [0.15, 0.2) is 15.9 Å². The lowest BCUT2D eigenvalue weighted by atomic mass is 10.5. The molecular formula is C10H14N4O3. The first kappa shape index (κ1) is 11.6. The highest BCUT2D eigenvalue weighted by molar-refractivity contribution is 5.69. The summed E-state index contributed by atoms with van der Waals surface area (Å²) in [5, 5.41) is 0. The molecule has 0 aliphatic carbocycles. The normalized spacial score (nSPS) is 11.2. The summed E-state index contributed by atoms with van der Waals surface area (Å²) >= 11 is 0. The number of nitrogens with zero attached hydrogens (tertiary/aromatic N) is 4. The van der Waals surface area contributed by atoms with Gasteiger partial charge in [0.1, 0.15) is 6.73 Å². The quantitative estimate of drug-likeness (QED) is 0.717. The van der Waals surface area contributed by atoms with Crippen LogP contribution in [0.3, 0.4) is 0 Å². The predicted molar refractivity (Wildman–Crippen MR) is 61.8 cm³/mol. The van der Waals surface area contributed by atoms with Crippen LogP contribution in [0.25, 0.3) is 11.2 Å². The first-order chi connectivity index (χ1) is 8.07. The van der Waals surface area contributed by atoms with Crippen LogP contribution in [0, 0.1) is 0 Å². The van der Waals surface area contributed by atoms with Crippen molar-refractivity contribution in [2.24, 2.45) is 14.1 Å². The molecule has 0 atom stereocenters. The van der Waals surface area contributed by atoms with E-state index in [1.807, 2.05) is 6.92 Å². The van der Waals surface area contributed by atoms with Gasteiger partial charge in [0.15, 0.2) is 11.2 Å². The van der Waals surface area contributed by atoms with Gasteiger partial charge in [-0.1, -0.05) is 0 Å². The fourth-order valence-corrected chi connectivity index (χ4v) is 1.68. The fraction of sp³-hybridized carbons (Fsp3) is 0.500. The SMILES string of the molecule is CCOCn1cnc2c1c(=O)n(C)c(=O)n2C. The van der Waals surface area contributed by atoms with Crippen molar-refractivity contribution >= 4 is 11.2 Å². The lowest BCUT2D eigenvalue weighted by molar-refractivity contribution is 0.0903. The lowest BCUT2D eigenvalue weighted by Gasteiger charge is -2.06. The molecule has 0 saturated heterocycles. The monoisotopic (exact) mass is 238 g/mol. The van der Waals surface area contributed by atoms with Crippen LogP contribution in [0.2, 0.25) is 0 Å². The van der Waals surface area contributed by atoms with Crippen LogP contribution in [0.1, 0.15) is 6.92 Å². The molecule has 2 aromatic rings. The molecular weight excluding hydrogens is 224 g/mol. The molecule has 2 rings (SSSR count). The van der Waals surface area contributed by atoms with Gasteiger partial charge in [-0.2, -0.15) is 0 Å². The lowest BCUT2D eigenvalue weighted by Crippen LogP contribution is -2.37. The maximum Gasteiger partial charge on any atom is 0.332 e. The van der Waals surface area contributed by atoms with Gasteiger partial charge in [0.25, 0.3) is 5.56 Å². The Hall–Kier alpha value is -1.89. The number of aromatic nitrogens is 4. The van der Waals surface area contributed by atoms with E-state index in [2.05, 4.69) is 4.98 Å².